The van der Waals surface area contributed by atoms with Gasteiger partial charge in [-0.2, -0.15) is 0 Å². The fourth-order valence-corrected chi connectivity index (χ4v) is 1.43. The Bertz CT molecular complexity index is 307. The largest absolute Gasteiger partial charge is 0.354 e. The molecule has 1 aromatic heterocycles. The lowest BCUT2D eigenvalue weighted by Crippen LogP contribution is -2.27. The van der Waals surface area contributed by atoms with Gasteiger partial charge in [-0.3, -0.25) is 4.79 Å². The topological polar surface area (TPSA) is 59.0 Å². The standard InChI is InChI=1S/C8H12N4O/c1-9-8(13)6-5-12-3-2-10-4-7(12)11-6/h5,10H,2-4H2,1H3,(H,9,13). The summed E-state index contributed by atoms with van der Waals surface area (Å²) < 4.78 is 2.01. The Morgan fingerprint density at radius 1 is 1.77 bits per heavy atom. The molecule has 2 heterocycles. The lowest BCUT2D eigenvalue weighted by molar-refractivity contribution is 0.0958. The monoisotopic (exact) mass is 180 g/mol. The highest BCUT2D eigenvalue weighted by molar-refractivity contribution is 5.91. The van der Waals surface area contributed by atoms with E-state index in [4.69, 9.17) is 0 Å². The Balaban J connectivity index is 2.30. The van der Waals surface area contributed by atoms with E-state index in [0.717, 1.165) is 25.5 Å². The maximum absolute atomic E-state index is 11.2. The molecule has 0 fully saturated rings. The van der Waals surface area contributed by atoms with E-state index in [1.807, 2.05) is 4.57 Å². The molecule has 0 radical (unpaired) electrons. The molecule has 0 spiro atoms. The van der Waals surface area contributed by atoms with Crippen molar-refractivity contribution in [2.45, 2.75) is 13.1 Å². The lowest BCUT2D eigenvalue weighted by Gasteiger charge is -2.13. The van der Waals surface area contributed by atoms with Crippen LogP contribution in [0.2, 0.25) is 0 Å². The lowest BCUT2D eigenvalue weighted by atomic mass is 10.4. The summed E-state index contributed by atoms with van der Waals surface area (Å²) in [5, 5.41) is 5.75. The highest BCUT2D eigenvalue weighted by atomic mass is 16.1. The highest BCUT2D eigenvalue weighted by Crippen LogP contribution is 2.06. The molecule has 13 heavy (non-hydrogen) atoms. The van der Waals surface area contributed by atoms with Crippen LogP contribution in [0.5, 0.6) is 0 Å². The highest BCUT2D eigenvalue weighted by Gasteiger charge is 2.14. The molecule has 0 aliphatic carbocycles. The van der Waals surface area contributed by atoms with Gasteiger partial charge in [-0.15, -0.1) is 0 Å². The zero-order valence-electron chi connectivity index (χ0n) is 7.50. The second-order valence-electron chi connectivity index (χ2n) is 2.99. The molecule has 1 aliphatic rings. The first-order valence-electron chi connectivity index (χ1n) is 4.30. The smallest absolute Gasteiger partial charge is 0.271 e. The third-order valence-corrected chi connectivity index (χ3v) is 2.13. The van der Waals surface area contributed by atoms with Crippen LogP contribution in [0.25, 0.3) is 0 Å². The molecule has 0 saturated carbocycles. The Hall–Kier alpha value is -1.36. The van der Waals surface area contributed by atoms with E-state index in [1.54, 1.807) is 13.2 Å². The minimum atomic E-state index is -0.123. The van der Waals surface area contributed by atoms with Crippen molar-refractivity contribution in [3.63, 3.8) is 0 Å². The van der Waals surface area contributed by atoms with E-state index in [1.165, 1.54) is 0 Å². The SMILES string of the molecule is CNC(=O)c1cn2c(n1)CNCC2. The van der Waals surface area contributed by atoms with E-state index in [-0.39, 0.29) is 5.91 Å². The first kappa shape index (κ1) is 8.25. The van der Waals surface area contributed by atoms with Crippen molar-refractivity contribution in [2.75, 3.05) is 13.6 Å². The van der Waals surface area contributed by atoms with E-state index in [0.29, 0.717) is 5.69 Å². The quantitative estimate of drug-likeness (QED) is 0.603. The number of nitrogens with zero attached hydrogens (tertiary/aromatic N) is 2. The van der Waals surface area contributed by atoms with Crippen molar-refractivity contribution in [1.82, 2.24) is 20.2 Å². The predicted molar refractivity (Wildman–Crippen MR) is 47.3 cm³/mol. The van der Waals surface area contributed by atoms with Gasteiger partial charge in [0.2, 0.25) is 0 Å². The molecule has 1 aliphatic heterocycles. The van der Waals surface area contributed by atoms with Crippen LogP contribution in [-0.2, 0) is 13.1 Å². The summed E-state index contributed by atoms with van der Waals surface area (Å²) >= 11 is 0. The van der Waals surface area contributed by atoms with Crippen LogP contribution >= 0.6 is 0 Å². The van der Waals surface area contributed by atoms with E-state index in [9.17, 15) is 4.79 Å². The van der Waals surface area contributed by atoms with Gasteiger partial charge in [-0.25, -0.2) is 4.98 Å². The van der Waals surface area contributed by atoms with Gasteiger partial charge in [0.05, 0.1) is 6.54 Å². The summed E-state index contributed by atoms with van der Waals surface area (Å²) in [6.07, 6.45) is 1.80. The van der Waals surface area contributed by atoms with Gasteiger partial charge in [0.25, 0.3) is 5.91 Å². The third-order valence-electron chi connectivity index (χ3n) is 2.13. The second-order valence-corrected chi connectivity index (χ2v) is 2.99. The Labute approximate surface area is 76.2 Å². The molecule has 2 rings (SSSR count). The molecular formula is C8H12N4O. The molecule has 0 aromatic carbocycles. The van der Waals surface area contributed by atoms with Gasteiger partial charge in [-0.1, -0.05) is 0 Å². The predicted octanol–water partition coefficient (Wildman–Crippen LogP) is -0.654. The minimum absolute atomic E-state index is 0.123. The van der Waals surface area contributed by atoms with Crippen molar-refractivity contribution in [2.24, 2.45) is 0 Å². The number of rotatable bonds is 1. The van der Waals surface area contributed by atoms with Crippen LogP contribution in [0.15, 0.2) is 6.20 Å². The van der Waals surface area contributed by atoms with Crippen molar-refractivity contribution in [3.8, 4) is 0 Å². The number of aromatic nitrogens is 2. The average molecular weight is 180 g/mol. The maximum atomic E-state index is 11.2. The van der Waals surface area contributed by atoms with Crippen LogP contribution in [0.1, 0.15) is 16.3 Å². The van der Waals surface area contributed by atoms with Gasteiger partial charge in [0, 0.05) is 26.3 Å². The van der Waals surface area contributed by atoms with Crippen molar-refractivity contribution >= 4 is 5.91 Å². The molecule has 70 valence electrons. The number of hydrogen-bond acceptors (Lipinski definition) is 3. The number of imidazole rings is 1. The van der Waals surface area contributed by atoms with Crippen molar-refractivity contribution < 1.29 is 4.79 Å². The minimum Gasteiger partial charge on any atom is -0.354 e. The summed E-state index contributed by atoms with van der Waals surface area (Å²) in [6.45, 7) is 2.58. The van der Waals surface area contributed by atoms with Crippen LogP contribution in [0.3, 0.4) is 0 Å². The molecule has 0 saturated heterocycles. The number of fused-ring (bicyclic) bond motifs is 1. The second kappa shape index (κ2) is 3.18. The number of amides is 1. The van der Waals surface area contributed by atoms with Gasteiger partial charge in [0.15, 0.2) is 0 Å². The molecule has 5 nitrogen and oxygen atoms in total. The first-order valence-corrected chi connectivity index (χ1v) is 4.30. The Morgan fingerprint density at radius 3 is 3.31 bits per heavy atom. The Kier molecular flexibility index (Phi) is 2.02. The maximum Gasteiger partial charge on any atom is 0.271 e. The molecule has 5 heteroatoms. The average Bonchev–Trinajstić information content (AvgIpc) is 2.59. The zero-order chi connectivity index (χ0) is 9.26. The summed E-state index contributed by atoms with van der Waals surface area (Å²) in [5.41, 5.74) is 0.501. The van der Waals surface area contributed by atoms with Gasteiger partial charge < -0.3 is 15.2 Å². The fourth-order valence-electron chi connectivity index (χ4n) is 1.43. The molecule has 1 aromatic rings. The summed E-state index contributed by atoms with van der Waals surface area (Å²) in [4.78, 5) is 15.4. The molecule has 0 bridgehead atoms. The van der Waals surface area contributed by atoms with E-state index in [2.05, 4.69) is 15.6 Å². The summed E-state index contributed by atoms with van der Waals surface area (Å²) in [5.74, 6) is 0.812. The summed E-state index contributed by atoms with van der Waals surface area (Å²) in [6, 6.07) is 0. The molecule has 1 amide bonds. The number of carbonyl (C=O) groups excluding carboxylic acids is 1. The number of hydrogen-bond donors (Lipinski definition) is 2. The summed E-state index contributed by atoms with van der Waals surface area (Å²) in [7, 11) is 1.61. The van der Waals surface area contributed by atoms with Gasteiger partial charge in [0.1, 0.15) is 11.5 Å². The third kappa shape index (κ3) is 1.42. The van der Waals surface area contributed by atoms with Crippen LogP contribution in [0, 0.1) is 0 Å². The normalized spacial score (nSPS) is 15.2. The van der Waals surface area contributed by atoms with Crippen LogP contribution < -0.4 is 10.6 Å². The van der Waals surface area contributed by atoms with Crippen LogP contribution in [0.4, 0.5) is 0 Å². The molecule has 0 unspecified atom stereocenters. The molecule has 2 N–H and O–H groups in total. The van der Waals surface area contributed by atoms with Gasteiger partial charge >= 0.3 is 0 Å². The number of carbonyl (C=O) groups is 1. The Morgan fingerprint density at radius 2 is 2.62 bits per heavy atom. The van der Waals surface area contributed by atoms with E-state index >= 15 is 0 Å². The van der Waals surface area contributed by atoms with Crippen molar-refractivity contribution in [1.29, 1.82) is 0 Å². The number of nitrogens with one attached hydrogen (secondary N) is 2. The zero-order valence-corrected chi connectivity index (χ0v) is 7.50. The fraction of sp³-hybridized carbons (Fsp3) is 0.500. The molecular weight excluding hydrogens is 168 g/mol. The van der Waals surface area contributed by atoms with Gasteiger partial charge in [-0.05, 0) is 0 Å². The molecule has 0 atom stereocenters. The van der Waals surface area contributed by atoms with E-state index < -0.39 is 0 Å². The van der Waals surface area contributed by atoms with Crippen LogP contribution in [-0.4, -0.2) is 29.1 Å². The first-order chi connectivity index (χ1) is 6.31. The van der Waals surface area contributed by atoms with Crippen molar-refractivity contribution in [3.05, 3.63) is 17.7 Å².